The van der Waals surface area contributed by atoms with Crippen LogP contribution in [0.25, 0.3) is 0 Å². The van der Waals surface area contributed by atoms with Crippen molar-refractivity contribution < 1.29 is 4.74 Å². The van der Waals surface area contributed by atoms with Gasteiger partial charge in [0.05, 0.1) is 0 Å². The van der Waals surface area contributed by atoms with E-state index in [0.29, 0.717) is 18.6 Å². The number of likely N-dealkylation sites (tertiary alicyclic amines) is 1. The highest BCUT2D eigenvalue weighted by Crippen LogP contribution is 2.26. The molecule has 0 radical (unpaired) electrons. The fraction of sp³-hybridized carbons (Fsp3) is 0.500. The summed E-state index contributed by atoms with van der Waals surface area (Å²) in [4.78, 5) is 5.07. The summed E-state index contributed by atoms with van der Waals surface area (Å²) < 4.78 is 5.99. The van der Waals surface area contributed by atoms with Crippen LogP contribution in [0.15, 0.2) is 60.2 Å². The minimum absolute atomic E-state index is 0.257. The molecule has 1 aliphatic rings. The van der Waals surface area contributed by atoms with Crippen LogP contribution in [0.5, 0.6) is 5.75 Å². The Bertz CT molecular complexity index is 875. The SMILES string of the molecule is CC(C)=CCN(c1ccc(OCc2ccc(Cl)cc2)cc1)C1CCN(CC(N)CC(C)C)C1. The predicted molar refractivity (Wildman–Crippen MR) is 141 cm³/mol. The number of benzene rings is 2. The monoisotopic (exact) mass is 469 g/mol. The predicted octanol–water partition coefficient (Wildman–Crippen LogP) is 6.14. The van der Waals surface area contributed by atoms with Crippen LogP contribution in [0.4, 0.5) is 5.69 Å². The fourth-order valence-electron chi connectivity index (χ4n) is 4.47. The second-order valence-corrected chi connectivity index (χ2v) is 10.4. The molecule has 2 aromatic carbocycles. The molecule has 0 bridgehead atoms. The van der Waals surface area contributed by atoms with Gasteiger partial charge in [-0.05, 0) is 74.6 Å². The summed E-state index contributed by atoms with van der Waals surface area (Å²) in [7, 11) is 0. The van der Waals surface area contributed by atoms with E-state index < -0.39 is 0 Å². The summed E-state index contributed by atoms with van der Waals surface area (Å²) in [6.45, 7) is 13.4. The molecule has 0 amide bonds. The van der Waals surface area contributed by atoms with Gasteiger partial charge in [0.15, 0.2) is 0 Å². The molecule has 0 aliphatic carbocycles. The molecule has 33 heavy (non-hydrogen) atoms. The Morgan fingerprint density at radius 3 is 2.48 bits per heavy atom. The lowest BCUT2D eigenvalue weighted by molar-refractivity contribution is 0.292. The normalized spacial score (nSPS) is 17.2. The molecule has 2 atom stereocenters. The molecular weight excluding hydrogens is 430 g/mol. The Hall–Kier alpha value is -2.01. The highest BCUT2D eigenvalue weighted by atomic mass is 35.5. The smallest absolute Gasteiger partial charge is 0.119 e. The third-order valence-electron chi connectivity index (χ3n) is 6.14. The number of nitrogens with zero attached hydrogens (tertiary/aromatic N) is 2. The standard InChI is InChI=1S/C28H40ClN3O/c1-21(2)13-16-32(27-14-15-31(19-27)18-25(30)17-22(3)4)26-9-11-28(12-10-26)33-20-23-5-7-24(29)8-6-23/h5-13,22,25,27H,14-20,30H2,1-4H3. The summed E-state index contributed by atoms with van der Waals surface area (Å²) in [6.07, 6.45) is 4.57. The van der Waals surface area contributed by atoms with Gasteiger partial charge in [0.1, 0.15) is 12.4 Å². The van der Waals surface area contributed by atoms with Gasteiger partial charge in [-0.2, -0.15) is 0 Å². The van der Waals surface area contributed by atoms with Crippen LogP contribution < -0.4 is 15.4 Å². The van der Waals surface area contributed by atoms with Crippen LogP contribution in [0.3, 0.4) is 0 Å². The molecule has 0 saturated carbocycles. The molecule has 180 valence electrons. The lowest BCUT2D eigenvalue weighted by atomic mass is 10.0. The Morgan fingerprint density at radius 2 is 1.85 bits per heavy atom. The van der Waals surface area contributed by atoms with Gasteiger partial charge in [0, 0.05) is 49.0 Å². The van der Waals surface area contributed by atoms with E-state index in [1.165, 1.54) is 17.7 Å². The first-order valence-electron chi connectivity index (χ1n) is 12.2. The van der Waals surface area contributed by atoms with Crippen molar-refractivity contribution in [2.45, 2.75) is 59.2 Å². The highest BCUT2D eigenvalue weighted by Gasteiger charge is 2.28. The number of halogens is 1. The lowest BCUT2D eigenvalue weighted by Gasteiger charge is -2.31. The zero-order valence-corrected chi connectivity index (χ0v) is 21.4. The summed E-state index contributed by atoms with van der Waals surface area (Å²) in [6, 6.07) is 17.0. The Balaban J connectivity index is 1.62. The minimum Gasteiger partial charge on any atom is -0.489 e. The van der Waals surface area contributed by atoms with E-state index in [4.69, 9.17) is 22.1 Å². The molecule has 1 aliphatic heterocycles. The Kier molecular flexibility index (Phi) is 9.66. The van der Waals surface area contributed by atoms with E-state index in [-0.39, 0.29) is 6.04 Å². The van der Waals surface area contributed by atoms with Gasteiger partial charge in [0.2, 0.25) is 0 Å². The van der Waals surface area contributed by atoms with Gasteiger partial charge in [-0.3, -0.25) is 4.90 Å². The minimum atomic E-state index is 0.257. The largest absolute Gasteiger partial charge is 0.489 e. The van der Waals surface area contributed by atoms with Crippen molar-refractivity contribution in [2.24, 2.45) is 11.7 Å². The number of nitrogens with two attached hydrogens (primary N) is 1. The van der Waals surface area contributed by atoms with Crippen LogP contribution in [0.2, 0.25) is 5.02 Å². The lowest BCUT2D eigenvalue weighted by Crippen LogP contribution is -2.41. The maximum absolute atomic E-state index is 6.39. The van der Waals surface area contributed by atoms with Crippen molar-refractivity contribution in [1.82, 2.24) is 4.90 Å². The molecular formula is C28H40ClN3O. The van der Waals surface area contributed by atoms with Crippen molar-refractivity contribution >= 4 is 17.3 Å². The number of ether oxygens (including phenoxy) is 1. The molecule has 4 nitrogen and oxygen atoms in total. The van der Waals surface area contributed by atoms with Gasteiger partial charge >= 0.3 is 0 Å². The molecule has 2 N–H and O–H groups in total. The average Bonchev–Trinajstić information content (AvgIpc) is 3.21. The van der Waals surface area contributed by atoms with E-state index in [9.17, 15) is 0 Å². The van der Waals surface area contributed by atoms with E-state index in [1.54, 1.807) is 0 Å². The van der Waals surface area contributed by atoms with Gasteiger partial charge in [-0.25, -0.2) is 0 Å². The number of rotatable bonds is 11. The molecule has 0 spiro atoms. The molecule has 5 heteroatoms. The van der Waals surface area contributed by atoms with Gasteiger partial charge < -0.3 is 15.4 Å². The molecule has 2 aromatic rings. The van der Waals surface area contributed by atoms with Crippen LogP contribution in [-0.4, -0.2) is 43.2 Å². The van der Waals surface area contributed by atoms with Crippen molar-refractivity contribution in [3.63, 3.8) is 0 Å². The van der Waals surface area contributed by atoms with Crippen LogP contribution in [0, 0.1) is 5.92 Å². The maximum Gasteiger partial charge on any atom is 0.119 e. The fourth-order valence-corrected chi connectivity index (χ4v) is 4.60. The zero-order valence-electron chi connectivity index (χ0n) is 20.6. The number of anilines is 1. The molecule has 3 rings (SSSR count). The van der Waals surface area contributed by atoms with Crippen molar-refractivity contribution in [3.05, 3.63) is 70.8 Å². The molecule has 1 fully saturated rings. The Labute approximate surface area is 205 Å². The number of allylic oxidation sites excluding steroid dienone is 1. The van der Waals surface area contributed by atoms with Crippen molar-refractivity contribution in [1.29, 1.82) is 0 Å². The van der Waals surface area contributed by atoms with E-state index in [0.717, 1.165) is 48.9 Å². The van der Waals surface area contributed by atoms with Crippen LogP contribution in [0.1, 0.15) is 46.1 Å². The van der Waals surface area contributed by atoms with Gasteiger partial charge in [-0.1, -0.05) is 49.2 Å². The first kappa shape index (κ1) is 25.6. The quantitative estimate of drug-likeness (QED) is 0.401. The van der Waals surface area contributed by atoms with Crippen LogP contribution in [-0.2, 0) is 6.61 Å². The van der Waals surface area contributed by atoms with Gasteiger partial charge in [-0.15, -0.1) is 0 Å². The summed E-state index contributed by atoms with van der Waals surface area (Å²) in [5.41, 5.74) is 10.1. The third-order valence-corrected chi connectivity index (χ3v) is 6.39. The topological polar surface area (TPSA) is 41.7 Å². The number of hydrogen-bond donors (Lipinski definition) is 1. The van der Waals surface area contributed by atoms with Crippen molar-refractivity contribution in [3.8, 4) is 5.75 Å². The molecule has 1 saturated heterocycles. The average molecular weight is 470 g/mol. The first-order valence-corrected chi connectivity index (χ1v) is 12.5. The molecule has 0 aromatic heterocycles. The molecule has 2 unspecified atom stereocenters. The van der Waals surface area contributed by atoms with Crippen LogP contribution >= 0.6 is 11.6 Å². The Morgan fingerprint density at radius 1 is 1.15 bits per heavy atom. The third kappa shape index (κ3) is 8.37. The summed E-state index contributed by atoms with van der Waals surface area (Å²) >= 11 is 5.97. The first-order chi connectivity index (χ1) is 15.8. The van der Waals surface area contributed by atoms with E-state index >= 15 is 0 Å². The second-order valence-electron chi connectivity index (χ2n) is 9.93. The maximum atomic E-state index is 6.39. The second kappa shape index (κ2) is 12.5. The van der Waals surface area contributed by atoms with E-state index in [1.807, 2.05) is 24.3 Å². The van der Waals surface area contributed by atoms with E-state index in [2.05, 4.69) is 67.8 Å². The van der Waals surface area contributed by atoms with Crippen molar-refractivity contribution in [2.75, 3.05) is 31.1 Å². The number of hydrogen-bond acceptors (Lipinski definition) is 4. The van der Waals surface area contributed by atoms with Gasteiger partial charge in [0.25, 0.3) is 0 Å². The zero-order chi connectivity index (χ0) is 23.8. The summed E-state index contributed by atoms with van der Waals surface area (Å²) in [5, 5.41) is 0.743. The summed E-state index contributed by atoms with van der Waals surface area (Å²) in [5.74, 6) is 1.52. The highest BCUT2D eigenvalue weighted by molar-refractivity contribution is 6.30. The molecule has 1 heterocycles.